The van der Waals surface area contributed by atoms with Crippen molar-refractivity contribution in [3.63, 3.8) is 0 Å². The summed E-state index contributed by atoms with van der Waals surface area (Å²) in [7, 11) is 3.46. The van der Waals surface area contributed by atoms with E-state index in [2.05, 4.69) is 9.80 Å². The number of anilines is 1. The molecule has 1 saturated heterocycles. The van der Waals surface area contributed by atoms with Crippen LogP contribution >= 0.6 is 0 Å². The van der Waals surface area contributed by atoms with Crippen molar-refractivity contribution in [1.82, 2.24) is 4.90 Å². The summed E-state index contributed by atoms with van der Waals surface area (Å²) in [6.45, 7) is 3.04. The Morgan fingerprint density at radius 3 is 2.33 bits per heavy atom. The first-order valence-electron chi connectivity index (χ1n) is 11.5. The zero-order valence-electron chi connectivity index (χ0n) is 20.0. The van der Waals surface area contributed by atoms with Gasteiger partial charge in [-0.3, -0.25) is 4.79 Å². The van der Waals surface area contributed by atoms with Gasteiger partial charge in [-0.1, -0.05) is 18.2 Å². The van der Waals surface area contributed by atoms with E-state index >= 15 is 0 Å². The van der Waals surface area contributed by atoms with Crippen LogP contribution in [0.3, 0.4) is 0 Å². The highest BCUT2D eigenvalue weighted by atomic mass is 19.4. The molecule has 0 amide bonds. The molecule has 0 spiro atoms. The molecule has 8 heteroatoms. The number of allylic oxidation sites excluding steroid dienone is 1. The van der Waals surface area contributed by atoms with E-state index < -0.39 is 17.6 Å². The van der Waals surface area contributed by atoms with Crippen molar-refractivity contribution >= 4 is 17.5 Å². The van der Waals surface area contributed by atoms with Crippen molar-refractivity contribution in [2.45, 2.75) is 6.18 Å². The molecular formula is C28H26F4N2O2. The normalized spacial score (nSPS) is 14.9. The number of nitrogens with zero attached hydrogens (tertiary/aromatic N) is 2. The average Bonchev–Trinajstić information content (AvgIpc) is 2.87. The molecule has 188 valence electrons. The van der Waals surface area contributed by atoms with Crippen molar-refractivity contribution in [2.24, 2.45) is 0 Å². The minimum absolute atomic E-state index is 0.222. The minimum Gasteiger partial charge on any atom is -0.497 e. The monoisotopic (exact) mass is 498 g/mol. The van der Waals surface area contributed by atoms with Crippen LogP contribution in [0.5, 0.6) is 5.75 Å². The number of carbonyl (C=O) groups is 1. The highest BCUT2D eigenvalue weighted by molar-refractivity contribution is 6.11. The van der Waals surface area contributed by atoms with Crippen molar-refractivity contribution in [2.75, 3.05) is 45.2 Å². The molecule has 0 atom stereocenters. The maximum absolute atomic E-state index is 14.4. The number of piperazine rings is 1. The molecule has 1 aliphatic heterocycles. The van der Waals surface area contributed by atoms with Gasteiger partial charge >= 0.3 is 6.18 Å². The standard InChI is InChI=1S/C28H26F4N2O2/c1-33-12-14-34(15-13-33)26-10-7-21(20-4-3-5-22(16-20)28(30,31)32)17-24(26)27(35)11-8-19-6-9-23(36-2)18-25(19)29/h3-11,16-18H,12-15H2,1-2H3. The maximum Gasteiger partial charge on any atom is 0.416 e. The molecule has 4 nitrogen and oxygen atoms in total. The van der Waals surface area contributed by atoms with Gasteiger partial charge in [0.2, 0.25) is 0 Å². The molecule has 4 rings (SSSR count). The summed E-state index contributed by atoms with van der Waals surface area (Å²) < 4.78 is 59.2. The molecule has 1 aliphatic rings. The Bertz CT molecular complexity index is 1280. The number of ether oxygens (including phenoxy) is 1. The number of halogens is 4. The largest absolute Gasteiger partial charge is 0.497 e. The van der Waals surface area contributed by atoms with E-state index in [0.29, 0.717) is 41.2 Å². The summed E-state index contributed by atoms with van der Waals surface area (Å²) in [5, 5.41) is 0. The summed E-state index contributed by atoms with van der Waals surface area (Å²) in [5.41, 5.74) is 1.36. The third-order valence-electron chi connectivity index (χ3n) is 6.25. The molecule has 3 aromatic rings. The molecule has 0 bridgehead atoms. The molecule has 0 aromatic heterocycles. The Morgan fingerprint density at radius 1 is 0.944 bits per heavy atom. The van der Waals surface area contributed by atoms with E-state index in [0.717, 1.165) is 25.2 Å². The number of rotatable bonds is 6. The van der Waals surface area contributed by atoms with Crippen molar-refractivity contribution < 1.29 is 27.1 Å². The lowest BCUT2D eigenvalue weighted by molar-refractivity contribution is -0.137. The van der Waals surface area contributed by atoms with E-state index in [4.69, 9.17) is 4.74 Å². The van der Waals surface area contributed by atoms with Crippen LogP contribution in [0.2, 0.25) is 0 Å². The van der Waals surface area contributed by atoms with Crippen molar-refractivity contribution in [3.05, 3.63) is 89.2 Å². The second kappa shape index (κ2) is 10.5. The number of ketones is 1. The van der Waals surface area contributed by atoms with Gasteiger partial charge in [0.1, 0.15) is 11.6 Å². The fourth-order valence-corrected chi connectivity index (χ4v) is 4.14. The molecule has 0 saturated carbocycles. The van der Waals surface area contributed by atoms with E-state index in [1.807, 2.05) is 7.05 Å². The first kappa shape index (κ1) is 25.4. The summed E-state index contributed by atoms with van der Waals surface area (Å²) >= 11 is 0. The summed E-state index contributed by atoms with van der Waals surface area (Å²) in [6.07, 6.45) is -1.79. The van der Waals surface area contributed by atoms with Gasteiger partial charge in [0.25, 0.3) is 0 Å². The Balaban J connectivity index is 1.72. The van der Waals surface area contributed by atoms with E-state index in [-0.39, 0.29) is 11.3 Å². The van der Waals surface area contributed by atoms with Crippen LogP contribution in [0.4, 0.5) is 23.2 Å². The molecule has 0 radical (unpaired) electrons. The quantitative estimate of drug-likeness (QED) is 0.231. The molecule has 36 heavy (non-hydrogen) atoms. The van der Waals surface area contributed by atoms with Crippen LogP contribution in [-0.4, -0.2) is 51.0 Å². The van der Waals surface area contributed by atoms with Gasteiger partial charge in [0.15, 0.2) is 5.78 Å². The first-order valence-corrected chi connectivity index (χ1v) is 11.5. The second-order valence-electron chi connectivity index (χ2n) is 8.69. The van der Waals surface area contributed by atoms with Crippen molar-refractivity contribution in [3.8, 4) is 16.9 Å². The van der Waals surface area contributed by atoms with Crippen molar-refractivity contribution in [1.29, 1.82) is 0 Å². The molecule has 0 N–H and O–H groups in total. The maximum atomic E-state index is 14.4. The first-order chi connectivity index (χ1) is 17.2. The van der Waals surface area contributed by atoms with Crippen LogP contribution in [0.15, 0.2) is 66.7 Å². The SMILES string of the molecule is COc1ccc(C=CC(=O)c2cc(-c3cccc(C(F)(F)F)c3)ccc2N2CCN(C)CC2)c(F)c1. The summed E-state index contributed by atoms with van der Waals surface area (Å²) in [4.78, 5) is 17.6. The summed E-state index contributed by atoms with van der Waals surface area (Å²) in [6, 6.07) is 14.5. The van der Waals surface area contributed by atoms with Crippen LogP contribution in [0, 0.1) is 5.82 Å². The average molecular weight is 499 g/mol. The second-order valence-corrected chi connectivity index (χ2v) is 8.69. The number of methoxy groups -OCH3 is 1. The van der Waals surface area contributed by atoms with Gasteiger partial charge in [-0.25, -0.2) is 4.39 Å². The van der Waals surface area contributed by atoms with E-state index in [1.165, 1.54) is 37.5 Å². The van der Waals surface area contributed by atoms with Gasteiger partial charge in [0.05, 0.1) is 12.7 Å². The zero-order chi connectivity index (χ0) is 25.9. The van der Waals surface area contributed by atoms with Gasteiger partial charge in [0, 0.05) is 49.1 Å². The predicted octanol–water partition coefficient (Wildman–Crippen LogP) is 6.17. The highest BCUT2D eigenvalue weighted by Gasteiger charge is 2.30. The number of alkyl halides is 3. The Hall–Kier alpha value is -3.65. The predicted molar refractivity (Wildman–Crippen MR) is 133 cm³/mol. The molecule has 1 fully saturated rings. The number of hydrogen-bond acceptors (Lipinski definition) is 4. The molecule has 1 heterocycles. The number of carbonyl (C=O) groups excluding carboxylic acids is 1. The topological polar surface area (TPSA) is 32.8 Å². The number of hydrogen-bond donors (Lipinski definition) is 0. The number of benzene rings is 3. The fourth-order valence-electron chi connectivity index (χ4n) is 4.14. The van der Waals surface area contributed by atoms with Gasteiger partial charge < -0.3 is 14.5 Å². The zero-order valence-corrected chi connectivity index (χ0v) is 20.0. The minimum atomic E-state index is -4.47. The van der Waals surface area contributed by atoms with Gasteiger partial charge in [-0.05, 0) is 66.7 Å². The highest BCUT2D eigenvalue weighted by Crippen LogP contribution is 2.34. The molecule has 0 unspecified atom stereocenters. The lowest BCUT2D eigenvalue weighted by atomic mass is 9.97. The fraction of sp³-hybridized carbons (Fsp3) is 0.250. The Morgan fingerprint density at radius 2 is 1.67 bits per heavy atom. The lowest BCUT2D eigenvalue weighted by Gasteiger charge is -2.35. The third kappa shape index (κ3) is 5.76. The van der Waals surface area contributed by atoms with Crippen LogP contribution in [0.1, 0.15) is 21.5 Å². The smallest absolute Gasteiger partial charge is 0.416 e. The number of likely N-dealkylation sites (N-methyl/N-ethyl adjacent to an activating group) is 1. The van der Waals surface area contributed by atoms with Crippen LogP contribution in [0.25, 0.3) is 17.2 Å². The molecule has 3 aromatic carbocycles. The Labute approximate surface area is 207 Å². The third-order valence-corrected chi connectivity index (χ3v) is 6.25. The Kier molecular flexibility index (Phi) is 7.45. The van der Waals surface area contributed by atoms with Gasteiger partial charge in [-0.15, -0.1) is 0 Å². The van der Waals surface area contributed by atoms with Gasteiger partial charge in [-0.2, -0.15) is 13.2 Å². The van der Waals surface area contributed by atoms with E-state index in [1.54, 1.807) is 30.3 Å². The lowest BCUT2D eigenvalue weighted by Crippen LogP contribution is -2.45. The van der Waals surface area contributed by atoms with Crippen LogP contribution < -0.4 is 9.64 Å². The molecule has 0 aliphatic carbocycles. The van der Waals surface area contributed by atoms with E-state index in [9.17, 15) is 22.4 Å². The van der Waals surface area contributed by atoms with Crippen LogP contribution in [-0.2, 0) is 6.18 Å². The molecular weight excluding hydrogens is 472 g/mol. The summed E-state index contributed by atoms with van der Waals surface area (Å²) in [5.74, 6) is -0.537.